The summed E-state index contributed by atoms with van der Waals surface area (Å²) in [7, 11) is 1.83. The zero-order valence-electron chi connectivity index (χ0n) is 15.0. The van der Waals surface area contributed by atoms with Crippen molar-refractivity contribution in [3.8, 4) is 0 Å². The summed E-state index contributed by atoms with van der Waals surface area (Å²) >= 11 is 0. The number of carbonyl (C=O) groups excluding carboxylic acids is 1. The monoisotopic (exact) mass is 338 g/mol. The molecule has 1 aliphatic rings. The molecule has 0 aliphatic carbocycles. The Morgan fingerprint density at radius 1 is 1.24 bits per heavy atom. The van der Waals surface area contributed by atoms with Crippen LogP contribution in [0, 0.1) is 0 Å². The van der Waals surface area contributed by atoms with E-state index < -0.39 is 0 Å². The second kappa shape index (κ2) is 8.01. The Morgan fingerprint density at radius 2 is 1.96 bits per heavy atom. The van der Waals surface area contributed by atoms with Gasteiger partial charge in [-0.05, 0) is 43.0 Å². The van der Waals surface area contributed by atoms with Crippen molar-refractivity contribution >= 4 is 11.8 Å². The van der Waals surface area contributed by atoms with E-state index in [0.717, 1.165) is 30.0 Å². The van der Waals surface area contributed by atoms with Gasteiger partial charge in [0, 0.05) is 32.9 Å². The van der Waals surface area contributed by atoms with Crippen LogP contribution in [0.15, 0.2) is 48.7 Å². The molecule has 0 spiro atoms. The van der Waals surface area contributed by atoms with Gasteiger partial charge in [0.2, 0.25) is 0 Å². The number of rotatable bonds is 5. The van der Waals surface area contributed by atoms with Crippen molar-refractivity contribution in [1.29, 1.82) is 0 Å². The Bertz CT molecular complexity index is 698. The summed E-state index contributed by atoms with van der Waals surface area (Å²) in [6, 6.07) is 14.0. The normalized spacial score (nSPS) is 15.0. The number of carbonyl (C=O) groups is 1. The first kappa shape index (κ1) is 17.3. The van der Waals surface area contributed by atoms with E-state index in [9.17, 15) is 4.79 Å². The second-order valence-electron chi connectivity index (χ2n) is 6.57. The van der Waals surface area contributed by atoms with Crippen molar-refractivity contribution in [3.63, 3.8) is 0 Å². The summed E-state index contributed by atoms with van der Waals surface area (Å²) in [5, 5.41) is 3.01. The molecule has 1 aliphatic heterocycles. The van der Waals surface area contributed by atoms with Crippen LogP contribution in [0.1, 0.15) is 36.9 Å². The maximum Gasteiger partial charge on any atom is 0.317 e. The molecule has 1 N–H and O–H groups in total. The Kier molecular flexibility index (Phi) is 5.53. The van der Waals surface area contributed by atoms with Gasteiger partial charge < -0.3 is 15.1 Å². The molecule has 1 aromatic carbocycles. The number of hydrogen-bond donors (Lipinski definition) is 1. The van der Waals surface area contributed by atoms with E-state index in [1.165, 1.54) is 12.8 Å². The lowest BCUT2D eigenvalue weighted by Gasteiger charge is -2.25. The summed E-state index contributed by atoms with van der Waals surface area (Å²) in [5.41, 5.74) is 2.20. The molecular weight excluding hydrogens is 312 g/mol. The number of pyridine rings is 1. The molecular formula is C20H26N4O. The smallest absolute Gasteiger partial charge is 0.317 e. The Hall–Kier alpha value is -2.56. The SMILES string of the molecule is C[C@H](c1ccccc1)N(C)C(=O)NCc1ccnc(N2CCCC2)c1. The predicted octanol–water partition coefficient (Wildman–Crippen LogP) is 3.58. The molecule has 2 aromatic rings. The molecule has 0 bridgehead atoms. The maximum absolute atomic E-state index is 12.5. The van der Waals surface area contributed by atoms with Gasteiger partial charge in [-0.3, -0.25) is 0 Å². The molecule has 1 aromatic heterocycles. The van der Waals surface area contributed by atoms with Gasteiger partial charge >= 0.3 is 6.03 Å². The van der Waals surface area contributed by atoms with Crippen molar-refractivity contribution in [3.05, 3.63) is 59.8 Å². The molecule has 3 rings (SSSR count). The van der Waals surface area contributed by atoms with Crippen LogP contribution in [0.4, 0.5) is 10.6 Å². The van der Waals surface area contributed by atoms with Crippen molar-refractivity contribution < 1.29 is 4.79 Å². The lowest BCUT2D eigenvalue weighted by molar-refractivity contribution is 0.194. The van der Waals surface area contributed by atoms with Gasteiger partial charge in [-0.25, -0.2) is 9.78 Å². The number of urea groups is 1. The molecule has 25 heavy (non-hydrogen) atoms. The largest absolute Gasteiger partial charge is 0.357 e. The minimum atomic E-state index is -0.0733. The third-order valence-corrected chi connectivity index (χ3v) is 4.87. The van der Waals surface area contributed by atoms with Gasteiger partial charge in [-0.2, -0.15) is 0 Å². The number of nitrogens with one attached hydrogen (secondary N) is 1. The molecule has 1 fully saturated rings. The van der Waals surface area contributed by atoms with Crippen molar-refractivity contribution in [2.75, 3.05) is 25.0 Å². The zero-order chi connectivity index (χ0) is 17.6. The van der Waals surface area contributed by atoms with E-state index in [0.29, 0.717) is 6.54 Å². The van der Waals surface area contributed by atoms with Crippen molar-refractivity contribution in [2.45, 2.75) is 32.4 Å². The average molecular weight is 338 g/mol. The Labute approximate surface area is 149 Å². The zero-order valence-corrected chi connectivity index (χ0v) is 15.0. The highest BCUT2D eigenvalue weighted by atomic mass is 16.2. The minimum absolute atomic E-state index is 0.0267. The number of hydrogen-bond acceptors (Lipinski definition) is 3. The highest BCUT2D eigenvalue weighted by Gasteiger charge is 2.17. The van der Waals surface area contributed by atoms with Gasteiger partial charge in [0.15, 0.2) is 0 Å². The van der Waals surface area contributed by atoms with Crippen LogP contribution in [0.25, 0.3) is 0 Å². The van der Waals surface area contributed by atoms with E-state index in [4.69, 9.17) is 0 Å². The van der Waals surface area contributed by atoms with Gasteiger partial charge in [0.25, 0.3) is 0 Å². The number of amides is 2. The summed E-state index contributed by atoms with van der Waals surface area (Å²) in [4.78, 5) is 20.9. The van der Waals surface area contributed by atoms with E-state index in [1.807, 2.05) is 56.6 Å². The first-order chi connectivity index (χ1) is 12.1. The molecule has 1 atom stereocenters. The summed E-state index contributed by atoms with van der Waals surface area (Å²) in [6.07, 6.45) is 4.28. The molecule has 5 nitrogen and oxygen atoms in total. The molecule has 5 heteroatoms. The van der Waals surface area contributed by atoms with Crippen LogP contribution < -0.4 is 10.2 Å². The third-order valence-electron chi connectivity index (χ3n) is 4.87. The Morgan fingerprint density at radius 3 is 2.68 bits per heavy atom. The summed E-state index contributed by atoms with van der Waals surface area (Å²) < 4.78 is 0. The number of benzene rings is 1. The second-order valence-corrected chi connectivity index (χ2v) is 6.57. The third kappa shape index (κ3) is 4.29. The molecule has 0 unspecified atom stereocenters. The van der Waals surface area contributed by atoms with Crippen molar-refractivity contribution in [1.82, 2.24) is 15.2 Å². The summed E-state index contributed by atoms with van der Waals surface area (Å²) in [5.74, 6) is 1.01. The lowest BCUT2D eigenvalue weighted by atomic mass is 10.1. The maximum atomic E-state index is 12.5. The molecule has 0 radical (unpaired) electrons. The highest BCUT2D eigenvalue weighted by molar-refractivity contribution is 5.74. The number of aromatic nitrogens is 1. The predicted molar refractivity (Wildman–Crippen MR) is 101 cm³/mol. The van der Waals surface area contributed by atoms with Crippen LogP contribution in [-0.4, -0.2) is 36.1 Å². The average Bonchev–Trinajstić information content (AvgIpc) is 3.20. The minimum Gasteiger partial charge on any atom is -0.357 e. The Balaban J connectivity index is 1.57. The van der Waals surface area contributed by atoms with Gasteiger partial charge in [-0.15, -0.1) is 0 Å². The first-order valence-electron chi connectivity index (χ1n) is 8.90. The number of nitrogens with zero attached hydrogens (tertiary/aromatic N) is 3. The fraction of sp³-hybridized carbons (Fsp3) is 0.400. The van der Waals surface area contributed by atoms with E-state index in [-0.39, 0.29) is 12.1 Å². The highest BCUT2D eigenvalue weighted by Crippen LogP contribution is 2.20. The van der Waals surface area contributed by atoms with E-state index >= 15 is 0 Å². The van der Waals surface area contributed by atoms with E-state index in [1.54, 1.807) is 4.90 Å². The molecule has 2 amide bonds. The molecule has 132 valence electrons. The van der Waals surface area contributed by atoms with Gasteiger partial charge in [-0.1, -0.05) is 30.3 Å². The standard InChI is InChI=1S/C20H26N4O/c1-16(18-8-4-3-5-9-18)23(2)20(25)22-15-17-10-11-21-19(14-17)24-12-6-7-13-24/h3-5,8-11,14,16H,6-7,12-13,15H2,1-2H3,(H,22,25)/t16-/m1/s1. The van der Waals surface area contributed by atoms with E-state index in [2.05, 4.69) is 21.3 Å². The fourth-order valence-corrected chi connectivity index (χ4v) is 3.12. The van der Waals surface area contributed by atoms with Crippen LogP contribution in [-0.2, 0) is 6.54 Å². The first-order valence-corrected chi connectivity index (χ1v) is 8.90. The number of anilines is 1. The van der Waals surface area contributed by atoms with Gasteiger partial charge in [0.05, 0.1) is 6.04 Å². The van der Waals surface area contributed by atoms with Crippen LogP contribution in [0.2, 0.25) is 0 Å². The lowest BCUT2D eigenvalue weighted by Crippen LogP contribution is -2.38. The van der Waals surface area contributed by atoms with Crippen molar-refractivity contribution in [2.24, 2.45) is 0 Å². The molecule has 2 heterocycles. The quantitative estimate of drug-likeness (QED) is 0.906. The van der Waals surface area contributed by atoms with Crippen LogP contribution in [0.3, 0.4) is 0 Å². The fourth-order valence-electron chi connectivity index (χ4n) is 3.12. The topological polar surface area (TPSA) is 48.5 Å². The molecule has 0 saturated carbocycles. The van der Waals surface area contributed by atoms with Crippen LogP contribution >= 0.6 is 0 Å². The van der Waals surface area contributed by atoms with Gasteiger partial charge in [0.1, 0.15) is 5.82 Å². The van der Waals surface area contributed by atoms with Crippen LogP contribution in [0.5, 0.6) is 0 Å². The summed E-state index contributed by atoms with van der Waals surface area (Å²) in [6.45, 7) is 4.68. The molecule has 1 saturated heterocycles.